The van der Waals surface area contributed by atoms with E-state index in [0.29, 0.717) is 40.2 Å². The van der Waals surface area contributed by atoms with Crippen LogP contribution in [-0.2, 0) is 11.3 Å². The van der Waals surface area contributed by atoms with Gasteiger partial charge in [0.25, 0.3) is 5.91 Å². The Morgan fingerprint density at radius 2 is 1.91 bits per heavy atom. The number of benzene rings is 2. The van der Waals surface area contributed by atoms with Gasteiger partial charge in [-0.1, -0.05) is 24.3 Å². The Morgan fingerprint density at radius 3 is 2.66 bits per heavy atom. The molecule has 0 aliphatic heterocycles. The molecule has 7 nitrogen and oxygen atoms in total. The molecule has 4 aromatic rings. The summed E-state index contributed by atoms with van der Waals surface area (Å²) in [4.78, 5) is 29.5. The van der Waals surface area contributed by atoms with Crippen molar-refractivity contribution in [1.29, 1.82) is 0 Å². The Bertz CT molecular complexity index is 1270. The third-order valence-electron chi connectivity index (χ3n) is 4.80. The van der Waals surface area contributed by atoms with Gasteiger partial charge in [-0.15, -0.1) is 11.3 Å². The van der Waals surface area contributed by atoms with Gasteiger partial charge in [-0.2, -0.15) is 0 Å². The van der Waals surface area contributed by atoms with Crippen LogP contribution in [0.4, 0.5) is 0 Å². The van der Waals surface area contributed by atoms with Gasteiger partial charge in [0.15, 0.2) is 18.1 Å². The number of nitrogens with one attached hydrogen (secondary N) is 1. The van der Waals surface area contributed by atoms with Crippen LogP contribution in [0.1, 0.15) is 15.2 Å². The molecule has 0 atom stereocenters. The van der Waals surface area contributed by atoms with Crippen LogP contribution in [-0.4, -0.2) is 35.7 Å². The van der Waals surface area contributed by atoms with Gasteiger partial charge < -0.3 is 19.9 Å². The maximum Gasteiger partial charge on any atom is 0.336 e. The molecule has 0 saturated heterocycles. The van der Waals surface area contributed by atoms with E-state index in [4.69, 9.17) is 9.47 Å². The summed E-state index contributed by atoms with van der Waals surface area (Å²) in [7, 11) is 1.50. The normalized spacial score (nSPS) is 10.7. The van der Waals surface area contributed by atoms with Gasteiger partial charge in [0.2, 0.25) is 0 Å². The van der Waals surface area contributed by atoms with Crippen molar-refractivity contribution in [3.63, 3.8) is 0 Å². The fourth-order valence-electron chi connectivity index (χ4n) is 3.24. The number of ether oxygens (including phenoxy) is 2. The highest BCUT2D eigenvalue weighted by Crippen LogP contribution is 2.33. The standard InChI is InChI=1S/C24H20N2O5S/c1-30-22-11-15(20-12-18(24(28)29)17-6-2-3-7-19(17)26-20)8-9-21(22)31-14-23(27)25-13-16-5-4-10-32-16/h2-12H,13-14H2,1H3,(H,25,27)(H,28,29). The fraction of sp³-hybridized carbons (Fsp3) is 0.125. The lowest BCUT2D eigenvalue weighted by Gasteiger charge is -2.13. The summed E-state index contributed by atoms with van der Waals surface area (Å²) in [6.45, 7) is 0.300. The van der Waals surface area contributed by atoms with Gasteiger partial charge in [0.05, 0.1) is 30.4 Å². The Labute approximate surface area is 188 Å². The average molecular weight is 449 g/mol. The molecule has 1 amide bonds. The Morgan fingerprint density at radius 1 is 1.06 bits per heavy atom. The molecule has 8 heteroatoms. The molecule has 2 aromatic carbocycles. The number of aromatic carboxylic acids is 1. The zero-order valence-electron chi connectivity index (χ0n) is 17.2. The third-order valence-corrected chi connectivity index (χ3v) is 5.68. The number of carbonyl (C=O) groups excluding carboxylic acids is 1. The van der Waals surface area contributed by atoms with Gasteiger partial charge in [-0.3, -0.25) is 4.79 Å². The number of methoxy groups -OCH3 is 1. The van der Waals surface area contributed by atoms with Crippen molar-refractivity contribution >= 4 is 34.1 Å². The number of hydrogen-bond donors (Lipinski definition) is 2. The zero-order chi connectivity index (χ0) is 22.5. The monoisotopic (exact) mass is 448 g/mol. The van der Waals surface area contributed by atoms with E-state index in [9.17, 15) is 14.7 Å². The van der Waals surface area contributed by atoms with E-state index in [2.05, 4.69) is 10.3 Å². The molecule has 162 valence electrons. The maximum absolute atomic E-state index is 12.1. The first-order valence-electron chi connectivity index (χ1n) is 9.78. The smallest absolute Gasteiger partial charge is 0.336 e. The number of carbonyl (C=O) groups is 2. The van der Waals surface area contributed by atoms with Crippen LogP contribution in [0.15, 0.2) is 66.0 Å². The number of aromatic nitrogens is 1. The lowest BCUT2D eigenvalue weighted by atomic mass is 10.0. The highest BCUT2D eigenvalue weighted by atomic mass is 32.1. The first-order chi connectivity index (χ1) is 15.5. The minimum absolute atomic E-state index is 0.154. The van der Waals surface area contributed by atoms with Crippen LogP contribution in [0.5, 0.6) is 11.5 Å². The van der Waals surface area contributed by atoms with Gasteiger partial charge >= 0.3 is 5.97 Å². The Kier molecular flexibility index (Phi) is 6.32. The summed E-state index contributed by atoms with van der Waals surface area (Å²) in [6, 6.07) is 17.7. The summed E-state index contributed by atoms with van der Waals surface area (Å²) in [5, 5.41) is 14.9. The van der Waals surface area contributed by atoms with Crippen LogP contribution in [0.3, 0.4) is 0 Å². The molecular formula is C24H20N2O5S. The second kappa shape index (κ2) is 9.49. The van der Waals surface area contributed by atoms with Crippen molar-refractivity contribution in [3.05, 3.63) is 76.5 Å². The summed E-state index contributed by atoms with van der Waals surface area (Å²) in [5.41, 5.74) is 1.93. The summed E-state index contributed by atoms with van der Waals surface area (Å²) < 4.78 is 11.1. The van der Waals surface area contributed by atoms with Gasteiger partial charge in [-0.25, -0.2) is 9.78 Å². The SMILES string of the molecule is COc1cc(-c2cc(C(=O)O)c3ccccc3n2)ccc1OCC(=O)NCc1cccs1. The Balaban J connectivity index is 1.53. The average Bonchev–Trinajstić information content (AvgIpc) is 3.34. The van der Waals surface area contributed by atoms with E-state index in [0.717, 1.165) is 4.88 Å². The number of rotatable bonds is 8. The number of thiophene rings is 1. The highest BCUT2D eigenvalue weighted by molar-refractivity contribution is 7.09. The summed E-state index contributed by atoms with van der Waals surface area (Å²) in [5.74, 6) is -0.445. The molecule has 2 N–H and O–H groups in total. The number of fused-ring (bicyclic) bond motifs is 1. The van der Waals surface area contributed by atoms with Crippen molar-refractivity contribution in [1.82, 2.24) is 10.3 Å². The van der Waals surface area contributed by atoms with Crippen LogP contribution >= 0.6 is 11.3 Å². The zero-order valence-corrected chi connectivity index (χ0v) is 18.0. The van der Waals surface area contributed by atoms with Crippen LogP contribution in [0, 0.1) is 0 Å². The molecule has 0 saturated carbocycles. The number of para-hydroxylation sites is 1. The van der Waals surface area contributed by atoms with Crippen LogP contribution in [0.25, 0.3) is 22.2 Å². The predicted octanol–water partition coefficient (Wildman–Crippen LogP) is 4.37. The lowest BCUT2D eigenvalue weighted by molar-refractivity contribution is -0.123. The molecule has 0 unspecified atom stereocenters. The van der Waals surface area contributed by atoms with Gasteiger partial charge in [0.1, 0.15) is 0 Å². The van der Waals surface area contributed by atoms with Gasteiger partial charge in [-0.05, 0) is 41.8 Å². The number of amides is 1. The second-order valence-electron chi connectivity index (χ2n) is 6.89. The summed E-state index contributed by atoms with van der Waals surface area (Å²) >= 11 is 1.57. The van der Waals surface area contributed by atoms with Crippen LogP contribution < -0.4 is 14.8 Å². The van der Waals surface area contributed by atoms with Crippen LogP contribution in [0.2, 0.25) is 0 Å². The van der Waals surface area contributed by atoms with Crippen molar-refractivity contribution < 1.29 is 24.2 Å². The summed E-state index contributed by atoms with van der Waals surface area (Å²) in [6.07, 6.45) is 0. The lowest BCUT2D eigenvalue weighted by Crippen LogP contribution is -2.28. The maximum atomic E-state index is 12.1. The second-order valence-corrected chi connectivity index (χ2v) is 7.92. The first kappa shape index (κ1) is 21.3. The minimum atomic E-state index is -1.02. The van der Waals surface area contributed by atoms with E-state index in [-0.39, 0.29) is 18.1 Å². The molecule has 4 rings (SSSR count). The molecule has 0 fully saturated rings. The first-order valence-corrected chi connectivity index (χ1v) is 10.7. The molecular weight excluding hydrogens is 428 g/mol. The highest BCUT2D eigenvalue weighted by Gasteiger charge is 2.15. The number of carboxylic acids is 1. The van der Waals surface area contributed by atoms with E-state index in [1.54, 1.807) is 47.7 Å². The van der Waals surface area contributed by atoms with E-state index in [1.807, 2.05) is 23.6 Å². The molecule has 32 heavy (non-hydrogen) atoms. The molecule has 0 spiro atoms. The molecule has 0 bridgehead atoms. The van der Waals surface area contributed by atoms with Crippen molar-refractivity contribution in [2.75, 3.05) is 13.7 Å². The topological polar surface area (TPSA) is 97.8 Å². The van der Waals surface area contributed by atoms with Crippen molar-refractivity contribution in [3.8, 4) is 22.8 Å². The number of hydrogen-bond acceptors (Lipinski definition) is 6. The minimum Gasteiger partial charge on any atom is -0.493 e. The molecule has 0 radical (unpaired) electrons. The number of pyridine rings is 1. The van der Waals surface area contributed by atoms with E-state index in [1.165, 1.54) is 13.2 Å². The van der Waals surface area contributed by atoms with Crippen molar-refractivity contribution in [2.24, 2.45) is 0 Å². The molecule has 0 aliphatic carbocycles. The van der Waals surface area contributed by atoms with E-state index >= 15 is 0 Å². The van der Waals surface area contributed by atoms with E-state index < -0.39 is 5.97 Å². The number of carboxylic acid groups (broad SMARTS) is 1. The molecule has 2 aromatic heterocycles. The quantitative estimate of drug-likeness (QED) is 0.416. The molecule has 2 heterocycles. The largest absolute Gasteiger partial charge is 0.493 e. The van der Waals surface area contributed by atoms with Gasteiger partial charge in [0, 0.05) is 15.8 Å². The fourth-order valence-corrected chi connectivity index (χ4v) is 3.88. The molecule has 0 aliphatic rings. The Hall–Kier alpha value is -3.91. The number of nitrogens with zero attached hydrogens (tertiary/aromatic N) is 1. The third kappa shape index (κ3) is 4.70. The predicted molar refractivity (Wildman–Crippen MR) is 122 cm³/mol. The van der Waals surface area contributed by atoms with Crippen molar-refractivity contribution in [2.45, 2.75) is 6.54 Å².